The number of nitrogens with zero attached hydrogens (tertiary/aromatic N) is 1. The number of imide groups is 1. The highest BCUT2D eigenvalue weighted by atomic mass is 32.2. The van der Waals surface area contributed by atoms with Gasteiger partial charge in [-0.2, -0.15) is 0 Å². The molecular weight excluding hydrogens is 448 g/mol. The first-order valence-electron chi connectivity index (χ1n) is 9.49. The van der Waals surface area contributed by atoms with E-state index in [9.17, 15) is 26.4 Å². The Balaban J connectivity index is 1.85. The van der Waals surface area contributed by atoms with Gasteiger partial charge >= 0.3 is 0 Å². The quantitative estimate of drug-likeness (QED) is 0.632. The molecule has 1 saturated heterocycles. The molecule has 1 heterocycles. The molecule has 11 heteroatoms. The van der Waals surface area contributed by atoms with E-state index < -0.39 is 36.4 Å². The third kappa shape index (κ3) is 5.44. The highest BCUT2D eigenvalue weighted by Crippen LogP contribution is 2.39. The van der Waals surface area contributed by atoms with Crippen LogP contribution in [0.15, 0.2) is 29.2 Å². The van der Waals surface area contributed by atoms with Crippen molar-refractivity contribution in [3.05, 3.63) is 34.7 Å². The van der Waals surface area contributed by atoms with Crippen molar-refractivity contribution >= 4 is 54.5 Å². The molecule has 0 bridgehead atoms. The molecule has 0 radical (unpaired) electrons. The van der Waals surface area contributed by atoms with Crippen LogP contribution in [-0.2, 0) is 24.7 Å². The number of rotatable bonds is 6. The summed E-state index contributed by atoms with van der Waals surface area (Å²) in [5, 5.41) is -1.72. The summed E-state index contributed by atoms with van der Waals surface area (Å²) in [6.45, 7) is 0. The van der Waals surface area contributed by atoms with E-state index in [0.29, 0.717) is 24.1 Å². The van der Waals surface area contributed by atoms with Gasteiger partial charge < -0.3 is 0 Å². The SMILES string of the molecule is CS(=O)(=O)Nc1ccc(C=C2SC(=O)N(C(C3CCCCC3)S(C)(=O)=O)C2=O)cc1. The van der Waals surface area contributed by atoms with Crippen LogP contribution in [0.5, 0.6) is 0 Å². The zero-order chi connectivity index (χ0) is 22.1. The van der Waals surface area contributed by atoms with Gasteiger partial charge in [0.15, 0.2) is 9.84 Å². The van der Waals surface area contributed by atoms with Crippen LogP contribution in [0, 0.1) is 5.92 Å². The second kappa shape index (κ2) is 8.72. The van der Waals surface area contributed by atoms with Crippen LogP contribution in [0.4, 0.5) is 10.5 Å². The topological polar surface area (TPSA) is 118 Å². The van der Waals surface area contributed by atoms with Crippen molar-refractivity contribution in [2.24, 2.45) is 5.92 Å². The van der Waals surface area contributed by atoms with Crippen molar-refractivity contribution in [1.29, 1.82) is 0 Å². The van der Waals surface area contributed by atoms with E-state index in [4.69, 9.17) is 0 Å². The summed E-state index contributed by atoms with van der Waals surface area (Å²) in [5.41, 5.74) is 0.963. The number of benzene rings is 1. The maximum atomic E-state index is 13.0. The number of sulfone groups is 1. The average Bonchev–Trinajstić information content (AvgIpc) is 2.90. The van der Waals surface area contributed by atoms with E-state index in [-0.39, 0.29) is 10.8 Å². The van der Waals surface area contributed by atoms with E-state index >= 15 is 0 Å². The molecule has 0 spiro atoms. The van der Waals surface area contributed by atoms with Gasteiger partial charge in [-0.25, -0.2) is 16.8 Å². The summed E-state index contributed by atoms with van der Waals surface area (Å²) < 4.78 is 49.9. The minimum atomic E-state index is -3.65. The predicted octanol–water partition coefficient (Wildman–Crippen LogP) is 3.05. The number of anilines is 1. The van der Waals surface area contributed by atoms with Crippen molar-refractivity contribution < 1.29 is 26.4 Å². The number of sulfonamides is 1. The first kappa shape index (κ1) is 22.8. The van der Waals surface area contributed by atoms with Gasteiger partial charge in [-0.3, -0.25) is 19.2 Å². The lowest BCUT2D eigenvalue weighted by molar-refractivity contribution is -0.124. The zero-order valence-corrected chi connectivity index (χ0v) is 19.1. The largest absolute Gasteiger partial charge is 0.294 e. The summed E-state index contributed by atoms with van der Waals surface area (Å²) >= 11 is 0.722. The summed E-state index contributed by atoms with van der Waals surface area (Å²) in [6, 6.07) is 6.30. The van der Waals surface area contributed by atoms with Crippen molar-refractivity contribution in [2.45, 2.75) is 37.5 Å². The fourth-order valence-electron chi connectivity index (χ4n) is 3.88. The van der Waals surface area contributed by atoms with Crippen molar-refractivity contribution in [1.82, 2.24) is 4.90 Å². The number of thioether (sulfide) groups is 1. The molecule has 30 heavy (non-hydrogen) atoms. The molecule has 8 nitrogen and oxygen atoms in total. The molecule has 2 fully saturated rings. The van der Waals surface area contributed by atoms with Gasteiger partial charge in [-0.15, -0.1) is 0 Å². The van der Waals surface area contributed by atoms with Gasteiger partial charge in [0.1, 0.15) is 5.37 Å². The Morgan fingerprint density at radius 1 is 1.03 bits per heavy atom. The Hall–Kier alpha value is -1.85. The molecule has 1 aliphatic heterocycles. The fraction of sp³-hybridized carbons (Fsp3) is 0.474. The van der Waals surface area contributed by atoms with Crippen LogP contribution in [0.2, 0.25) is 0 Å². The number of hydrogen-bond donors (Lipinski definition) is 1. The second-order valence-electron chi connectivity index (χ2n) is 7.67. The summed E-state index contributed by atoms with van der Waals surface area (Å²) in [4.78, 5) is 26.6. The monoisotopic (exact) mass is 472 g/mol. The molecule has 1 aliphatic carbocycles. The minimum absolute atomic E-state index is 0.147. The van der Waals surface area contributed by atoms with Gasteiger partial charge in [0.25, 0.3) is 11.1 Å². The standard InChI is InChI=1S/C19H24N2O6S3/c1-29(24,25)18(14-6-4-3-5-7-14)21-17(22)16(28-19(21)23)12-13-8-10-15(11-9-13)20-30(2,26)27/h8-12,14,18,20H,3-7H2,1-2H3. The van der Waals surface area contributed by atoms with Crippen LogP contribution in [-0.4, -0.2) is 50.8 Å². The van der Waals surface area contributed by atoms with Crippen molar-refractivity contribution in [3.63, 3.8) is 0 Å². The highest BCUT2D eigenvalue weighted by Gasteiger charge is 2.47. The van der Waals surface area contributed by atoms with E-state index in [0.717, 1.165) is 48.4 Å². The molecule has 3 rings (SSSR count). The Morgan fingerprint density at radius 3 is 2.17 bits per heavy atom. The van der Waals surface area contributed by atoms with Gasteiger partial charge in [-0.05, 0) is 54.3 Å². The Labute approximate surface area is 181 Å². The molecular formula is C19H24N2O6S3. The number of nitrogens with one attached hydrogen (secondary N) is 1. The molecule has 2 aliphatic rings. The van der Waals surface area contributed by atoms with Crippen LogP contribution in [0.3, 0.4) is 0 Å². The van der Waals surface area contributed by atoms with Crippen LogP contribution in [0.1, 0.15) is 37.7 Å². The van der Waals surface area contributed by atoms with Crippen LogP contribution >= 0.6 is 11.8 Å². The lowest BCUT2D eigenvalue weighted by Crippen LogP contribution is -2.48. The molecule has 1 N–H and O–H groups in total. The van der Waals surface area contributed by atoms with Gasteiger partial charge in [-0.1, -0.05) is 31.4 Å². The first-order chi connectivity index (χ1) is 14.0. The molecule has 2 amide bonds. The molecule has 164 valence electrons. The summed E-state index contributed by atoms with van der Waals surface area (Å²) in [7, 11) is -7.06. The third-order valence-corrected chi connectivity index (χ3v) is 8.04. The summed E-state index contributed by atoms with van der Waals surface area (Å²) in [6.07, 6.45) is 7.77. The number of amides is 2. The molecule has 1 atom stereocenters. The van der Waals surface area contributed by atoms with Crippen molar-refractivity contribution in [2.75, 3.05) is 17.2 Å². The Kier molecular flexibility index (Phi) is 6.63. The maximum Gasteiger partial charge on any atom is 0.294 e. The van der Waals surface area contributed by atoms with E-state index in [1.165, 1.54) is 6.08 Å². The Morgan fingerprint density at radius 2 is 1.63 bits per heavy atom. The predicted molar refractivity (Wildman–Crippen MR) is 118 cm³/mol. The fourth-order valence-corrected chi connectivity index (χ4v) is 6.92. The minimum Gasteiger partial charge on any atom is -0.284 e. The van der Waals surface area contributed by atoms with E-state index in [2.05, 4.69) is 4.72 Å². The lowest BCUT2D eigenvalue weighted by atomic mass is 9.88. The van der Waals surface area contributed by atoms with Gasteiger partial charge in [0.05, 0.1) is 11.2 Å². The average molecular weight is 473 g/mol. The van der Waals surface area contributed by atoms with Crippen molar-refractivity contribution in [3.8, 4) is 0 Å². The number of carbonyl (C=O) groups excluding carboxylic acids is 2. The molecule has 1 saturated carbocycles. The van der Waals surface area contributed by atoms with Crippen LogP contribution < -0.4 is 4.72 Å². The smallest absolute Gasteiger partial charge is 0.284 e. The summed E-state index contributed by atoms with van der Waals surface area (Å²) in [5.74, 6) is -0.854. The maximum absolute atomic E-state index is 13.0. The van der Waals surface area contributed by atoms with E-state index in [1.807, 2.05) is 0 Å². The highest BCUT2D eigenvalue weighted by molar-refractivity contribution is 8.18. The Bertz CT molecular complexity index is 1070. The first-order valence-corrected chi connectivity index (χ1v) is 14.2. The zero-order valence-electron chi connectivity index (χ0n) is 16.7. The third-order valence-electron chi connectivity index (χ3n) is 5.08. The number of carbonyl (C=O) groups is 2. The molecule has 0 aromatic heterocycles. The van der Waals surface area contributed by atoms with Gasteiger partial charge in [0.2, 0.25) is 10.0 Å². The lowest BCUT2D eigenvalue weighted by Gasteiger charge is -2.33. The molecule has 1 unspecified atom stereocenters. The normalized spacial score (nSPS) is 21.3. The number of hydrogen-bond acceptors (Lipinski definition) is 7. The molecule has 1 aromatic carbocycles. The van der Waals surface area contributed by atoms with E-state index in [1.54, 1.807) is 24.3 Å². The molecule has 1 aromatic rings. The van der Waals surface area contributed by atoms with Crippen LogP contribution in [0.25, 0.3) is 6.08 Å². The second-order valence-corrected chi connectivity index (χ2v) is 12.5. The van der Waals surface area contributed by atoms with Gasteiger partial charge in [0, 0.05) is 11.9 Å².